The van der Waals surface area contributed by atoms with E-state index in [1.54, 1.807) is 0 Å². The number of allylic oxidation sites excluding steroid dienone is 2. The summed E-state index contributed by atoms with van der Waals surface area (Å²) in [4.78, 5) is 11.8. The number of carbonyl (C=O) groups excluding carboxylic acids is 1. The second-order valence-electron chi connectivity index (χ2n) is 4.63. The fourth-order valence-electron chi connectivity index (χ4n) is 3.78. The summed E-state index contributed by atoms with van der Waals surface area (Å²) in [6.07, 6.45) is 11.4. The van der Waals surface area contributed by atoms with Gasteiger partial charge >= 0.3 is 0 Å². The van der Waals surface area contributed by atoms with Crippen molar-refractivity contribution in [1.82, 2.24) is 0 Å². The fraction of sp³-hybridized carbons (Fsp3) is 0.727. The molecule has 2 fully saturated rings. The molecular formula is C11H14O. The number of hydrogen-bond donors (Lipinski definition) is 0. The number of Topliss-reactive ketones (excluding diaryl/α,β-unsaturated/α-hetero) is 1. The molecule has 0 spiro atoms. The molecular weight excluding hydrogens is 148 g/mol. The molecule has 64 valence electrons. The molecule has 0 radical (unpaired) electrons. The molecule has 3 aliphatic rings. The molecule has 0 amide bonds. The van der Waals surface area contributed by atoms with Crippen molar-refractivity contribution in [2.45, 2.75) is 38.5 Å². The van der Waals surface area contributed by atoms with Crippen LogP contribution < -0.4 is 0 Å². The van der Waals surface area contributed by atoms with Gasteiger partial charge in [-0.1, -0.05) is 18.6 Å². The molecule has 3 aliphatic carbocycles. The highest BCUT2D eigenvalue weighted by Gasteiger charge is 2.62. The number of carbonyl (C=O) groups is 1. The predicted octanol–water partition coefficient (Wildman–Crippen LogP) is 2.47. The Hall–Kier alpha value is -0.590. The molecule has 12 heavy (non-hydrogen) atoms. The summed E-state index contributed by atoms with van der Waals surface area (Å²) < 4.78 is 0. The summed E-state index contributed by atoms with van der Waals surface area (Å²) in [6.45, 7) is 0. The summed E-state index contributed by atoms with van der Waals surface area (Å²) >= 11 is 0. The molecule has 0 bridgehead atoms. The first-order valence-corrected chi connectivity index (χ1v) is 5.00. The first-order chi connectivity index (χ1) is 5.79. The maximum Gasteiger partial charge on any atom is 0.143 e. The van der Waals surface area contributed by atoms with Crippen LogP contribution in [0.15, 0.2) is 12.2 Å². The highest BCUT2D eigenvalue weighted by Crippen LogP contribution is 2.66. The van der Waals surface area contributed by atoms with Crippen LogP contribution in [0, 0.1) is 10.8 Å². The molecule has 3 rings (SSSR count). The van der Waals surface area contributed by atoms with Crippen LogP contribution in [0.4, 0.5) is 0 Å². The zero-order chi connectivity index (χ0) is 8.23. The largest absolute Gasteiger partial charge is 0.299 e. The van der Waals surface area contributed by atoms with Gasteiger partial charge in [0.15, 0.2) is 0 Å². The number of hydrogen-bond acceptors (Lipinski definition) is 1. The number of ketones is 1. The van der Waals surface area contributed by atoms with Crippen molar-refractivity contribution < 1.29 is 4.79 Å². The molecule has 0 unspecified atom stereocenters. The molecule has 1 heteroatoms. The van der Waals surface area contributed by atoms with Crippen LogP contribution in [-0.2, 0) is 4.79 Å². The topological polar surface area (TPSA) is 17.1 Å². The number of rotatable bonds is 0. The Labute approximate surface area is 72.8 Å². The van der Waals surface area contributed by atoms with E-state index in [1.807, 2.05) is 0 Å². The molecule has 0 saturated heterocycles. The van der Waals surface area contributed by atoms with Crippen LogP contribution in [0.2, 0.25) is 0 Å². The Morgan fingerprint density at radius 1 is 1.25 bits per heavy atom. The van der Waals surface area contributed by atoms with Crippen LogP contribution in [0.5, 0.6) is 0 Å². The van der Waals surface area contributed by atoms with Gasteiger partial charge in [0.2, 0.25) is 0 Å². The average Bonchev–Trinajstić information content (AvgIpc) is 2.58. The summed E-state index contributed by atoms with van der Waals surface area (Å²) in [7, 11) is 0. The molecule has 0 aromatic rings. The summed E-state index contributed by atoms with van der Waals surface area (Å²) in [6, 6.07) is 0. The van der Waals surface area contributed by atoms with Crippen LogP contribution in [0.25, 0.3) is 0 Å². The van der Waals surface area contributed by atoms with E-state index in [0.29, 0.717) is 11.2 Å². The van der Waals surface area contributed by atoms with Crippen molar-refractivity contribution in [3.8, 4) is 0 Å². The molecule has 1 nitrogen and oxygen atoms in total. The third kappa shape index (κ3) is 0.502. The van der Waals surface area contributed by atoms with Gasteiger partial charge < -0.3 is 0 Å². The molecule has 0 aromatic carbocycles. The minimum atomic E-state index is 0.0347. The van der Waals surface area contributed by atoms with Gasteiger partial charge in [-0.2, -0.15) is 0 Å². The molecule has 0 aromatic heterocycles. The zero-order valence-electron chi connectivity index (χ0n) is 7.31. The van der Waals surface area contributed by atoms with Crippen molar-refractivity contribution >= 4 is 5.78 Å². The van der Waals surface area contributed by atoms with Crippen molar-refractivity contribution in [3.63, 3.8) is 0 Å². The van der Waals surface area contributed by atoms with E-state index in [2.05, 4.69) is 12.2 Å². The van der Waals surface area contributed by atoms with Gasteiger partial charge in [-0.05, 0) is 31.1 Å². The van der Waals surface area contributed by atoms with Gasteiger partial charge in [-0.25, -0.2) is 0 Å². The summed E-state index contributed by atoms with van der Waals surface area (Å²) in [5.41, 5.74) is 0.442. The van der Waals surface area contributed by atoms with Crippen molar-refractivity contribution in [1.29, 1.82) is 0 Å². The Kier molecular flexibility index (Phi) is 1.05. The van der Waals surface area contributed by atoms with E-state index in [0.717, 1.165) is 12.8 Å². The van der Waals surface area contributed by atoms with E-state index < -0.39 is 0 Å². The molecule has 0 heterocycles. The third-order valence-electron chi connectivity index (χ3n) is 4.41. The van der Waals surface area contributed by atoms with Crippen molar-refractivity contribution in [3.05, 3.63) is 12.2 Å². The van der Waals surface area contributed by atoms with Crippen molar-refractivity contribution in [2.24, 2.45) is 10.8 Å². The normalized spacial score (nSPS) is 49.8. The van der Waals surface area contributed by atoms with Crippen LogP contribution >= 0.6 is 0 Å². The highest BCUT2D eigenvalue weighted by atomic mass is 16.1. The van der Waals surface area contributed by atoms with Gasteiger partial charge in [0.25, 0.3) is 0 Å². The Morgan fingerprint density at radius 3 is 3.00 bits per heavy atom. The Balaban J connectivity index is 2.18. The fourth-order valence-corrected chi connectivity index (χ4v) is 3.78. The van der Waals surface area contributed by atoms with Gasteiger partial charge in [-0.3, -0.25) is 4.79 Å². The second-order valence-corrected chi connectivity index (χ2v) is 4.63. The predicted molar refractivity (Wildman–Crippen MR) is 46.7 cm³/mol. The zero-order valence-corrected chi connectivity index (χ0v) is 7.31. The van der Waals surface area contributed by atoms with E-state index in [1.165, 1.54) is 25.7 Å². The van der Waals surface area contributed by atoms with Gasteiger partial charge in [0.05, 0.1) is 5.41 Å². The molecule has 0 N–H and O–H groups in total. The Bertz CT molecular complexity index is 279. The summed E-state index contributed by atoms with van der Waals surface area (Å²) in [5, 5.41) is 0. The standard InChI is InChI=1S/C11H14O/c12-9-3-8-10-4-1-6-11(9,10)7-2-5-10/h1,6H,2-5,7-8H2/t10-,11+/m0/s1. The van der Waals surface area contributed by atoms with Crippen LogP contribution in [0.3, 0.4) is 0 Å². The first kappa shape index (κ1) is 6.88. The summed E-state index contributed by atoms with van der Waals surface area (Å²) in [5.74, 6) is 0.536. The third-order valence-corrected chi connectivity index (χ3v) is 4.41. The van der Waals surface area contributed by atoms with Crippen LogP contribution in [0.1, 0.15) is 38.5 Å². The first-order valence-electron chi connectivity index (χ1n) is 5.00. The molecule has 0 aliphatic heterocycles. The van der Waals surface area contributed by atoms with Crippen LogP contribution in [-0.4, -0.2) is 5.78 Å². The smallest absolute Gasteiger partial charge is 0.143 e. The lowest BCUT2D eigenvalue weighted by Gasteiger charge is -2.31. The quantitative estimate of drug-likeness (QED) is 0.500. The average molecular weight is 162 g/mol. The van der Waals surface area contributed by atoms with E-state index in [4.69, 9.17) is 0 Å². The monoisotopic (exact) mass is 162 g/mol. The Morgan fingerprint density at radius 2 is 2.17 bits per heavy atom. The second kappa shape index (κ2) is 1.84. The maximum absolute atomic E-state index is 11.8. The SMILES string of the molecule is O=C1CC[C@@]23CC=C[C@@]12CCC3. The van der Waals surface area contributed by atoms with Gasteiger partial charge in [-0.15, -0.1) is 0 Å². The van der Waals surface area contributed by atoms with E-state index in [9.17, 15) is 4.79 Å². The molecule has 2 atom stereocenters. The van der Waals surface area contributed by atoms with Gasteiger partial charge in [0, 0.05) is 6.42 Å². The van der Waals surface area contributed by atoms with E-state index in [-0.39, 0.29) is 5.41 Å². The maximum atomic E-state index is 11.8. The van der Waals surface area contributed by atoms with Gasteiger partial charge in [0.1, 0.15) is 5.78 Å². The lowest BCUT2D eigenvalue weighted by Crippen LogP contribution is -2.31. The highest BCUT2D eigenvalue weighted by molar-refractivity contribution is 5.91. The minimum Gasteiger partial charge on any atom is -0.299 e. The lowest BCUT2D eigenvalue weighted by atomic mass is 9.70. The van der Waals surface area contributed by atoms with E-state index >= 15 is 0 Å². The lowest BCUT2D eigenvalue weighted by molar-refractivity contribution is -0.125. The minimum absolute atomic E-state index is 0.0347. The molecule has 2 saturated carbocycles. The van der Waals surface area contributed by atoms with Crippen molar-refractivity contribution in [2.75, 3.05) is 0 Å².